The summed E-state index contributed by atoms with van der Waals surface area (Å²) in [7, 11) is 2.91. The first-order chi connectivity index (χ1) is 12.5. The molecule has 0 atom stereocenters. The summed E-state index contributed by atoms with van der Waals surface area (Å²) in [6, 6.07) is 11.1. The number of rotatable bonds is 1. The van der Waals surface area contributed by atoms with Gasteiger partial charge in [-0.1, -0.05) is 30.3 Å². The van der Waals surface area contributed by atoms with Crippen LogP contribution in [0.4, 0.5) is 5.82 Å². The molecule has 0 aliphatic rings. The van der Waals surface area contributed by atoms with Crippen molar-refractivity contribution in [3.8, 4) is 17.3 Å². The highest BCUT2D eigenvalue weighted by Gasteiger charge is 2.22. The van der Waals surface area contributed by atoms with E-state index in [2.05, 4.69) is 16.0 Å². The third kappa shape index (κ3) is 1.89. The first-order valence-corrected chi connectivity index (χ1v) is 7.69. The summed E-state index contributed by atoms with van der Waals surface area (Å²) in [5.74, 6) is 0.157. The lowest BCUT2D eigenvalue weighted by Gasteiger charge is -2.10. The lowest BCUT2D eigenvalue weighted by molar-refractivity contribution is 0.708. The second-order valence-electron chi connectivity index (χ2n) is 5.82. The van der Waals surface area contributed by atoms with Crippen LogP contribution in [0, 0.1) is 11.3 Å². The first kappa shape index (κ1) is 15.6. The SMILES string of the molecule is Cn1c(=O)c2c(nc3nc(N)c(C#N)c(-c4ccccc4)n32)n(C)c1=O. The average molecular weight is 347 g/mol. The summed E-state index contributed by atoms with van der Waals surface area (Å²) in [6.07, 6.45) is 0. The quantitative estimate of drug-likeness (QED) is 0.531. The highest BCUT2D eigenvalue weighted by atomic mass is 16.2. The van der Waals surface area contributed by atoms with Gasteiger partial charge in [0, 0.05) is 19.7 Å². The number of nitriles is 1. The Labute approximate surface area is 146 Å². The molecule has 26 heavy (non-hydrogen) atoms. The molecule has 0 fully saturated rings. The Balaban J connectivity index is 2.38. The lowest BCUT2D eigenvalue weighted by Crippen LogP contribution is -2.37. The van der Waals surface area contributed by atoms with Gasteiger partial charge in [0.1, 0.15) is 17.5 Å². The molecule has 0 radical (unpaired) electrons. The molecule has 0 unspecified atom stereocenters. The normalized spacial score (nSPS) is 11.1. The molecule has 128 valence electrons. The van der Waals surface area contributed by atoms with Gasteiger partial charge in [0.25, 0.3) is 5.56 Å². The van der Waals surface area contributed by atoms with E-state index in [-0.39, 0.29) is 28.3 Å². The van der Waals surface area contributed by atoms with Gasteiger partial charge in [-0.15, -0.1) is 0 Å². The molecular weight excluding hydrogens is 334 g/mol. The second kappa shape index (κ2) is 5.29. The maximum absolute atomic E-state index is 12.8. The summed E-state index contributed by atoms with van der Waals surface area (Å²) >= 11 is 0. The Hall–Kier alpha value is -3.93. The molecule has 2 N–H and O–H groups in total. The van der Waals surface area contributed by atoms with E-state index in [0.717, 1.165) is 4.57 Å². The van der Waals surface area contributed by atoms with Crippen LogP contribution in [-0.2, 0) is 14.1 Å². The van der Waals surface area contributed by atoms with Crippen molar-refractivity contribution in [2.45, 2.75) is 0 Å². The first-order valence-electron chi connectivity index (χ1n) is 7.69. The van der Waals surface area contributed by atoms with Crippen LogP contribution in [0.3, 0.4) is 0 Å². The Morgan fingerprint density at radius 2 is 1.77 bits per heavy atom. The van der Waals surface area contributed by atoms with Crippen molar-refractivity contribution >= 4 is 22.8 Å². The summed E-state index contributed by atoms with van der Waals surface area (Å²) in [5.41, 5.74) is 6.50. The van der Waals surface area contributed by atoms with Gasteiger partial charge in [0.05, 0.1) is 5.69 Å². The standard InChI is InChI=1S/C17H13N7O2/c1-22-14-12(15(25)23(2)17(22)26)24-11(9-6-4-3-5-7-9)10(8-18)13(19)20-16(24)21-14/h3-7H,1-2H3,(H2,19,20,21). The zero-order chi connectivity index (χ0) is 18.6. The predicted molar refractivity (Wildman–Crippen MR) is 95.5 cm³/mol. The van der Waals surface area contributed by atoms with E-state index >= 15 is 0 Å². The number of nitrogens with two attached hydrogens (primary N) is 1. The van der Waals surface area contributed by atoms with Gasteiger partial charge in [-0.2, -0.15) is 15.2 Å². The average Bonchev–Trinajstić information content (AvgIpc) is 3.03. The van der Waals surface area contributed by atoms with Gasteiger partial charge in [0.15, 0.2) is 11.2 Å². The van der Waals surface area contributed by atoms with Crippen molar-refractivity contribution in [1.29, 1.82) is 5.26 Å². The zero-order valence-electron chi connectivity index (χ0n) is 14.0. The van der Waals surface area contributed by atoms with Crippen LogP contribution < -0.4 is 17.0 Å². The van der Waals surface area contributed by atoms with Crippen molar-refractivity contribution < 1.29 is 0 Å². The van der Waals surface area contributed by atoms with Gasteiger partial charge in [0.2, 0.25) is 5.78 Å². The number of nitrogen functional groups attached to an aromatic ring is 1. The maximum atomic E-state index is 12.8. The van der Waals surface area contributed by atoms with Gasteiger partial charge >= 0.3 is 5.69 Å². The number of aromatic nitrogens is 5. The maximum Gasteiger partial charge on any atom is 0.332 e. The monoisotopic (exact) mass is 347 g/mol. The van der Waals surface area contributed by atoms with E-state index < -0.39 is 11.2 Å². The molecule has 4 rings (SSSR count). The number of imidazole rings is 1. The number of aryl methyl sites for hydroxylation is 1. The van der Waals surface area contributed by atoms with Gasteiger partial charge < -0.3 is 5.73 Å². The third-order valence-electron chi connectivity index (χ3n) is 4.34. The molecule has 1 aromatic carbocycles. The number of fused-ring (bicyclic) bond motifs is 3. The minimum atomic E-state index is -0.525. The van der Waals surface area contributed by atoms with E-state index in [0.29, 0.717) is 11.3 Å². The fourth-order valence-corrected chi connectivity index (χ4v) is 3.05. The van der Waals surface area contributed by atoms with Crippen molar-refractivity contribution in [1.82, 2.24) is 23.5 Å². The Bertz CT molecular complexity index is 1350. The molecular formula is C17H13N7O2. The molecule has 3 aromatic heterocycles. The lowest BCUT2D eigenvalue weighted by atomic mass is 10.1. The van der Waals surface area contributed by atoms with Crippen LogP contribution in [-0.4, -0.2) is 23.5 Å². The minimum Gasteiger partial charge on any atom is -0.382 e. The van der Waals surface area contributed by atoms with E-state index in [1.54, 1.807) is 12.1 Å². The van der Waals surface area contributed by atoms with Gasteiger partial charge in [-0.05, 0) is 0 Å². The minimum absolute atomic E-state index is 0.0102. The number of hydrogen-bond donors (Lipinski definition) is 1. The number of hydrogen-bond acceptors (Lipinski definition) is 6. The third-order valence-corrected chi connectivity index (χ3v) is 4.34. The van der Waals surface area contributed by atoms with Crippen molar-refractivity contribution in [3.63, 3.8) is 0 Å². The molecule has 3 heterocycles. The summed E-state index contributed by atoms with van der Waals surface area (Å²) in [5, 5.41) is 9.61. The number of benzene rings is 1. The van der Waals surface area contributed by atoms with Crippen molar-refractivity contribution in [2.24, 2.45) is 14.1 Å². The molecule has 9 heteroatoms. The molecule has 9 nitrogen and oxygen atoms in total. The Morgan fingerprint density at radius 1 is 1.08 bits per heavy atom. The summed E-state index contributed by atoms with van der Waals surface area (Å²) in [6.45, 7) is 0. The van der Waals surface area contributed by atoms with Crippen LogP contribution in [0.1, 0.15) is 5.56 Å². The molecule has 0 aliphatic heterocycles. The Kier molecular flexibility index (Phi) is 3.17. The molecule has 0 spiro atoms. The molecule has 0 amide bonds. The van der Waals surface area contributed by atoms with E-state index in [1.807, 2.05) is 18.2 Å². The molecule has 0 bridgehead atoms. The largest absolute Gasteiger partial charge is 0.382 e. The highest BCUT2D eigenvalue weighted by molar-refractivity contribution is 5.83. The van der Waals surface area contributed by atoms with E-state index in [9.17, 15) is 14.9 Å². The molecule has 4 aromatic rings. The summed E-state index contributed by atoms with van der Waals surface area (Å²) in [4.78, 5) is 33.5. The van der Waals surface area contributed by atoms with Crippen LogP contribution in [0.2, 0.25) is 0 Å². The highest BCUT2D eigenvalue weighted by Crippen LogP contribution is 2.29. The predicted octanol–water partition coefficient (Wildman–Crippen LogP) is 0.401. The van der Waals surface area contributed by atoms with Gasteiger partial charge in [-0.3, -0.25) is 18.3 Å². The number of nitrogens with zero attached hydrogens (tertiary/aromatic N) is 6. The van der Waals surface area contributed by atoms with Crippen molar-refractivity contribution in [3.05, 3.63) is 56.7 Å². The number of anilines is 1. The second-order valence-corrected chi connectivity index (χ2v) is 5.82. The topological polar surface area (TPSA) is 124 Å². The Morgan fingerprint density at radius 3 is 2.42 bits per heavy atom. The molecule has 0 aliphatic carbocycles. The van der Waals surface area contributed by atoms with E-state index in [4.69, 9.17) is 5.73 Å². The molecule has 0 saturated carbocycles. The van der Waals surface area contributed by atoms with Crippen LogP contribution in [0.15, 0.2) is 39.9 Å². The van der Waals surface area contributed by atoms with Crippen LogP contribution in [0.25, 0.3) is 28.2 Å². The zero-order valence-corrected chi connectivity index (χ0v) is 14.0. The van der Waals surface area contributed by atoms with Gasteiger partial charge in [-0.25, -0.2) is 4.79 Å². The fraction of sp³-hybridized carbons (Fsp3) is 0.118. The summed E-state index contributed by atoms with van der Waals surface area (Å²) < 4.78 is 3.75. The van der Waals surface area contributed by atoms with E-state index in [1.165, 1.54) is 23.1 Å². The van der Waals surface area contributed by atoms with Crippen LogP contribution in [0.5, 0.6) is 0 Å². The van der Waals surface area contributed by atoms with Crippen LogP contribution >= 0.6 is 0 Å². The van der Waals surface area contributed by atoms with Crippen molar-refractivity contribution in [2.75, 3.05) is 5.73 Å². The molecule has 0 saturated heterocycles. The smallest absolute Gasteiger partial charge is 0.332 e. The fourth-order valence-electron chi connectivity index (χ4n) is 3.05.